The fourth-order valence-corrected chi connectivity index (χ4v) is 1.97. The number of imidazole rings is 1. The molecule has 0 aliphatic carbocycles. The van der Waals surface area contributed by atoms with Crippen LogP contribution in [0.5, 0.6) is 0 Å². The third kappa shape index (κ3) is 3.22. The van der Waals surface area contributed by atoms with Crippen LogP contribution in [0, 0.1) is 0 Å². The van der Waals surface area contributed by atoms with E-state index in [1.807, 2.05) is 17.8 Å². The Hall–Kier alpha value is -1.56. The third-order valence-corrected chi connectivity index (χ3v) is 3.15. The van der Waals surface area contributed by atoms with E-state index >= 15 is 0 Å². The van der Waals surface area contributed by atoms with Crippen molar-refractivity contribution in [1.29, 1.82) is 0 Å². The van der Waals surface area contributed by atoms with Crippen molar-refractivity contribution in [3.63, 3.8) is 0 Å². The Morgan fingerprint density at radius 1 is 1.72 bits per heavy atom. The molecule has 2 amide bonds. The predicted octanol–water partition coefficient (Wildman–Crippen LogP) is 0.740. The Morgan fingerprint density at radius 2 is 2.56 bits per heavy atom. The molecule has 100 valence electrons. The van der Waals surface area contributed by atoms with Gasteiger partial charge in [-0.3, -0.25) is 0 Å². The first-order chi connectivity index (χ1) is 8.66. The molecule has 6 heteroatoms. The number of hydrogen-bond acceptors (Lipinski definition) is 3. The van der Waals surface area contributed by atoms with Crippen LogP contribution in [0.15, 0.2) is 12.4 Å². The highest BCUT2D eigenvalue weighted by molar-refractivity contribution is 5.73. The first-order valence-corrected chi connectivity index (χ1v) is 6.23. The van der Waals surface area contributed by atoms with Crippen LogP contribution >= 0.6 is 0 Å². The second-order valence-corrected chi connectivity index (χ2v) is 4.63. The van der Waals surface area contributed by atoms with E-state index in [0.29, 0.717) is 13.1 Å². The molecule has 0 spiro atoms. The minimum absolute atomic E-state index is 0.0894. The molecule has 1 N–H and O–H groups in total. The quantitative estimate of drug-likeness (QED) is 0.860. The van der Waals surface area contributed by atoms with Crippen LogP contribution in [0.3, 0.4) is 0 Å². The Bertz CT molecular complexity index is 399. The van der Waals surface area contributed by atoms with Gasteiger partial charge < -0.3 is 19.5 Å². The van der Waals surface area contributed by atoms with Crippen molar-refractivity contribution in [3.8, 4) is 0 Å². The number of urea groups is 1. The number of carbonyl (C=O) groups is 1. The van der Waals surface area contributed by atoms with Gasteiger partial charge in [0.1, 0.15) is 5.82 Å². The molecule has 6 nitrogen and oxygen atoms in total. The molecule has 1 saturated heterocycles. The van der Waals surface area contributed by atoms with E-state index < -0.39 is 0 Å². The second kappa shape index (κ2) is 5.86. The Kier molecular flexibility index (Phi) is 4.19. The molecular formula is C12H20N4O2. The van der Waals surface area contributed by atoms with Gasteiger partial charge >= 0.3 is 6.03 Å². The maximum atomic E-state index is 11.9. The molecule has 1 atom stereocenters. The first-order valence-electron chi connectivity index (χ1n) is 6.23. The molecule has 0 unspecified atom stereocenters. The summed E-state index contributed by atoms with van der Waals surface area (Å²) in [5.41, 5.74) is 0. The number of aryl methyl sites for hydroxylation is 1. The molecule has 1 aliphatic rings. The number of hydrogen-bond donors (Lipinski definition) is 1. The van der Waals surface area contributed by atoms with Crippen LogP contribution in [0.2, 0.25) is 0 Å². The van der Waals surface area contributed by atoms with Gasteiger partial charge in [0.2, 0.25) is 0 Å². The van der Waals surface area contributed by atoms with Crippen molar-refractivity contribution in [2.75, 3.05) is 20.2 Å². The van der Waals surface area contributed by atoms with Crippen LogP contribution in [0.4, 0.5) is 4.79 Å². The molecule has 1 fully saturated rings. The van der Waals surface area contributed by atoms with E-state index in [-0.39, 0.29) is 12.1 Å². The summed E-state index contributed by atoms with van der Waals surface area (Å²) in [7, 11) is 3.68. The number of nitrogens with one attached hydrogen (secondary N) is 1. The molecule has 0 bridgehead atoms. The molecule has 1 aromatic rings. The number of nitrogens with zero attached hydrogens (tertiary/aromatic N) is 3. The van der Waals surface area contributed by atoms with Gasteiger partial charge in [0.05, 0.1) is 12.6 Å². The molecule has 18 heavy (non-hydrogen) atoms. The van der Waals surface area contributed by atoms with Crippen LogP contribution in [-0.2, 0) is 18.3 Å². The van der Waals surface area contributed by atoms with Crippen molar-refractivity contribution >= 4 is 6.03 Å². The smallest absolute Gasteiger partial charge is 0.317 e. The Labute approximate surface area is 107 Å². The fourth-order valence-electron chi connectivity index (χ4n) is 1.97. The van der Waals surface area contributed by atoms with Gasteiger partial charge in [-0.2, -0.15) is 0 Å². The summed E-state index contributed by atoms with van der Waals surface area (Å²) in [5.74, 6) is 0.866. The van der Waals surface area contributed by atoms with Crippen LogP contribution < -0.4 is 5.32 Å². The maximum absolute atomic E-state index is 11.9. The number of carbonyl (C=O) groups excluding carboxylic acids is 1. The average molecular weight is 252 g/mol. The predicted molar refractivity (Wildman–Crippen MR) is 67.0 cm³/mol. The second-order valence-electron chi connectivity index (χ2n) is 4.63. The number of amides is 2. The fraction of sp³-hybridized carbons (Fsp3) is 0.667. The summed E-state index contributed by atoms with van der Waals surface area (Å²) in [5, 5.41) is 2.88. The van der Waals surface area contributed by atoms with Gasteiger partial charge in [0, 0.05) is 39.6 Å². The van der Waals surface area contributed by atoms with E-state index in [9.17, 15) is 4.79 Å². The standard InChI is InChI=1S/C12H20N4O2/c1-15-6-5-13-11(15)9-16(2)12(17)14-8-10-4-3-7-18-10/h5-6,10H,3-4,7-9H2,1-2H3,(H,14,17)/t10-/m1/s1. The summed E-state index contributed by atoms with van der Waals surface area (Å²) in [4.78, 5) is 17.7. The molecule has 1 aromatic heterocycles. The Balaban J connectivity index is 1.76. The molecule has 0 saturated carbocycles. The monoisotopic (exact) mass is 252 g/mol. The van der Waals surface area contributed by atoms with E-state index in [2.05, 4.69) is 10.3 Å². The van der Waals surface area contributed by atoms with Crippen LogP contribution in [-0.4, -0.2) is 46.8 Å². The summed E-state index contributed by atoms with van der Waals surface area (Å²) in [6, 6.07) is -0.0894. The average Bonchev–Trinajstić information content (AvgIpc) is 2.99. The SMILES string of the molecule is CN(Cc1nccn1C)C(=O)NC[C@H]1CCCO1. The number of rotatable bonds is 4. The summed E-state index contributed by atoms with van der Waals surface area (Å²) < 4.78 is 7.36. The largest absolute Gasteiger partial charge is 0.376 e. The molecule has 2 heterocycles. The Morgan fingerprint density at radius 3 is 3.17 bits per heavy atom. The summed E-state index contributed by atoms with van der Waals surface area (Å²) >= 11 is 0. The van der Waals surface area contributed by atoms with E-state index in [0.717, 1.165) is 25.3 Å². The van der Waals surface area contributed by atoms with Gasteiger partial charge in [-0.05, 0) is 12.8 Å². The van der Waals surface area contributed by atoms with Gasteiger partial charge in [-0.15, -0.1) is 0 Å². The minimum atomic E-state index is -0.0894. The van der Waals surface area contributed by atoms with Crippen molar-refractivity contribution in [3.05, 3.63) is 18.2 Å². The van der Waals surface area contributed by atoms with Gasteiger partial charge in [0.25, 0.3) is 0 Å². The van der Waals surface area contributed by atoms with E-state index in [1.54, 1.807) is 18.1 Å². The number of ether oxygens (including phenoxy) is 1. The van der Waals surface area contributed by atoms with Crippen molar-refractivity contribution < 1.29 is 9.53 Å². The zero-order valence-electron chi connectivity index (χ0n) is 10.9. The molecule has 2 rings (SSSR count). The zero-order valence-corrected chi connectivity index (χ0v) is 10.9. The van der Waals surface area contributed by atoms with Gasteiger partial charge in [0.15, 0.2) is 0 Å². The topological polar surface area (TPSA) is 59.4 Å². The third-order valence-electron chi connectivity index (χ3n) is 3.15. The summed E-state index contributed by atoms with van der Waals surface area (Å²) in [6.45, 7) is 1.90. The van der Waals surface area contributed by atoms with E-state index in [4.69, 9.17) is 4.74 Å². The van der Waals surface area contributed by atoms with Crippen LogP contribution in [0.25, 0.3) is 0 Å². The zero-order chi connectivity index (χ0) is 13.0. The molecular weight excluding hydrogens is 232 g/mol. The van der Waals surface area contributed by atoms with Crippen molar-refractivity contribution in [1.82, 2.24) is 19.8 Å². The molecule has 0 radical (unpaired) electrons. The van der Waals surface area contributed by atoms with Crippen molar-refractivity contribution in [2.45, 2.75) is 25.5 Å². The lowest BCUT2D eigenvalue weighted by atomic mass is 10.2. The molecule has 0 aromatic carbocycles. The van der Waals surface area contributed by atoms with Gasteiger partial charge in [-0.25, -0.2) is 9.78 Å². The van der Waals surface area contributed by atoms with Crippen LogP contribution in [0.1, 0.15) is 18.7 Å². The first kappa shape index (κ1) is 12.9. The molecule has 1 aliphatic heterocycles. The lowest BCUT2D eigenvalue weighted by molar-refractivity contribution is 0.109. The highest BCUT2D eigenvalue weighted by Gasteiger charge is 2.17. The van der Waals surface area contributed by atoms with Gasteiger partial charge in [-0.1, -0.05) is 0 Å². The van der Waals surface area contributed by atoms with E-state index in [1.165, 1.54) is 0 Å². The number of aromatic nitrogens is 2. The normalized spacial score (nSPS) is 18.9. The maximum Gasteiger partial charge on any atom is 0.317 e. The lowest BCUT2D eigenvalue weighted by Gasteiger charge is -2.19. The van der Waals surface area contributed by atoms with Crippen molar-refractivity contribution in [2.24, 2.45) is 7.05 Å². The minimum Gasteiger partial charge on any atom is -0.376 e. The lowest BCUT2D eigenvalue weighted by Crippen LogP contribution is -2.40. The highest BCUT2D eigenvalue weighted by Crippen LogP contribution is 2.10. The summed E-state index contributed by atoms with van der Waals surface area (Å²) in [6.07, 6.45) is 5.89. The highest BCUT2D eigenvalue weighted by atomic mass is 16.5.